The average Bonchev–Trinajstić information content (AvgIpc) is 2.76. The number of aliphatic hydroxyl groups excluding tert-OH is 2. The molecule has 6 nitrogen and oxygen atoms in total. The molecule has 0 amide bonds. The molecule has 0 saturated heterocycles. The van der Waals surface area contributed by atoms with Crippen LogP contribution in [0.3, 0.4) is 0 Å². The minimum absolute atomic E-state index is 0.0747. The highest BCUT2D eigenvalue weighted by molar-refractivity contribution is 5.87. The Hall–Kier alpha value is -2.70. The maximum atomic E-state index is 10.2. The van der Waals surface area contributed by atoms with Crippen molar-refractivity contribution in [2.45, 2.75) is 65.6 Å². The van der Waals surface area contributed by atoms with Gasteiger partial charge in [0.1, 0.15) is 0 Å². The molecule has 0 aliphatic carbocycles. The van der Waals surface area contributed by atoms with Crippen LogP contribution < -0.4 is 0 Å². The van der Waals surface area contributed by atoms with Gasteiger partial charge in [0.2, 0.25) is 0 Å². The molecule has 0 spiro atoms. The zero-order chi connectivity index (χ0) is 23.9. The van der Waals surface area contributed by atoms with Crippen molar-refractivity contribution >= 4 is 11.9 Å². The number of aliphatic hydroxyl groups is 2. The summed E-state index contributed by atoms with van der Waals surface area (Å²) in [5.74, 6) is -1.76. The van der Waals surface area contributed by atoms with Gasteiger partial charge < -0.3 is 20.4 Å². The number of rotatable bonds is 8. The number of hydrogen-bond donors (Lipinski definition) is 4. The molecule has 4 N–H and O–H groups in total. The Balaban J connectivity index is 0.000000445. The highest BCUT2D eigenvalue weighted by Crippen LogP contribution is 2.28. The fourth-order valence-electron chi connectivity index (χ4n) is 2.42. The van der Waals surface area contributed by atoms with Gasteiger partial charge in [-0.2, -0.15) is 0 Å². The van der Waals surface area contributed by atoms with Gasteiger partial charge in [0.25, 0.3) is 0 Å². The maximum absolute atomic E-state index is 10.2. The number of hydrogen-bond acceptors (Lipinski definition) is 4. The Morgan fingerprint density at radius 3 is 1.45 bits per heavy atom. The van der Waals surface area contributed by atoms with Crippen LogP contribution in [0.2, 0.25) is 0 Å². The molecule has 0 aliphatic rings. The van der Waals surface area contributed by atoms with E-state index in [9.17, 15) is 19.8 Å². The Morgan fingerprint density at radius 2 is 1.19 bits per heavy atom. The van der Waals surface area contributed by atoms with E-state index in [0.717, 1.165) is 19.3 Å². The van der Waals surface area contributed by atoms with Gasteiger partial charge in [0.15, 0.2) is 0 Å². The zero-order valence-corrected chi connectivity index (χ0v) is 18.9. The van der Waals surface area contributed by atoms with Crippen LogP contribution in [-0.4, -0.2) is 44.6 Å². The summed E-state index contributed by atoms with van der Waals surface area (Å²) in [6, 6.07) is 16.6. The van der Waals surface area contributed by atoms with Crippen LogP contribution in [0.4, 0.5) is 0 Å². The number of aromatic carboxylic acids is 2. The Kier molecular flexibility index (Phi) is 13.8. The molecule has 0 aliphatic heterocycles. The van der Waals surface area contributed by atoms with Crippen LogP contribution in [0.25, 0.3) is 0 Å². The van der Waals surface area contributed by atoms with Crippen molar-refractivity contribution in [2.75, 3.05) is 0 Å². The molecule has 2 aromatic carbocycles. The van der Waals surface area contributed by atoms with Crippen LogP contribution in [0.5, 0.6) is 0 Å². The van der Waals surface area contributed by atoms with E-state index in [1.807, 2.05) is 20.8 Å². The molecule has 0 saturated carbocycles. The molecule has 0 bridgehead atoms. The lowest BCUT2D eigenvalue weighted by Gasteiger charge is -2.30. The summed E-state index contributed by atoms with van der Waals surface area (Å²) in [6.07, 6.45) is 2.48. The topological polar surface area (TPSA) is 115 Å². The van der Waals surface area contributed by atoms with Gasteiger partial charge in [-0.15, -0.1) is 0 Å². The van der Waals surface area contributed by atoms with Crippen molar-refractivity contribution in [1.29, 1.82) is 0 Å². The predicted octanol–water partition coefficient (Wildman–Crippen LogP) is 5.10. The monoisotopic (exact) mass is 432 g/mol. The van der Waals surface area contributed by atoms with E-state index in [1.165, 1.54) is 0 Å². The van der Waals surface area contributed by atoms with E-state index in [1.54, 1.807) is 60.7 Å². The van der Waals surface area contributed by atoms with E-state index in [0.29, 0.717) is 17.5 Å². The summed E-state index contributed by atoms with van der Waals surface area (Å²) in [7, 11) is 0. The van der Waals surface area contributed by atoms with Crippen molar-refractivity contribution in [1.82, 2.24) is 0 Å². The normalized spacial score (nSPS) is 12.3. The summed E-state index contributed by atoms with van der Waals surface area (Å²) in [4.78, 5) is 20.4. The second-order valence-electron chi connectivity index (χ2n) is 7.88. The number of carboxylic acid groups (broad SMARTS) is 2. The quantitative estimate of drug-likeness (QED) is 0.461. The Bertz CT molecular complexity index is 694. The van der Waals surface area contributed by atoms with Gasteiger partial charge in [-0.1, -0.05) is 70.5 Å². The van der Waals surface area contributed by atoms with Gasteiger partial charge in [-0.25, -0.2) is 9.59 Å². The number of carbonyl (C=O) groups is 2. The fraction of sp³-hybridized carbons (Fsp3) is 0.440. The molecular formula is C25H36O6. The third kappa shape index (κ3) is 12.6. The third-order valence-electron chi connectivity index (χ3n) is 4.97. The van der Waals surface area contributed by atoms with Crippen molar-refractivity contribution < 1.29 is 30.0 Å². The Labute approximate surface area is 185 Å². The summed E-state index contributed by atoms with van der Waals surface area (Å²) in [6.45, 7) is 8.18. The summed E-state index contributed by atoms with van der Waals surface area (Å²) in [5.41, 5.74) is 0.587. The number of carboxylic acids is 2. The van der Waals surface area contributed by atoms with Gasteiger partial charge >= 0.3 is 11.9 Å². The van der Waals surface area contributed by atoms with Crippen LogP contribution >= 0.6 is 0 Å². The largest absolute Gasteiger partial charge is 0.478 e. The molecule has 0 fully saturated rings. The molecule has 2 aromatic rings. The van der Waals surface area contributed by atoms with Gasteiger partial charge in [-0.05, 0) is 48.9 Å². The molecule has 0 heterocycles. The second kappa shape index (κ2) is 15.2. The second-order valence-corrected chi connectivity index (χ2v) is 7.88. The smallest absolute Gasteiger partial charge is 0.335 e. The van der Waals surface area contributed by atoms with E-state index in [2.05, 4.69) is 6.92 Å². The van der Waals surface area contributed by atoms with Crippen LogP contribution in [0.15, 0.2) is 60.7 Å². The SMILES string of the molecule is CCCC(O)CC(O)C(C)(C)CC.O=C(O)c1ccccc1.O=C(O)c1ccccc1. The predicted molar refractivity (Wildman–Crippen MR) is 122 cm³/mol. The van der Waals surface area contributed by atoms with Gasteiger partial charge in [0, 0.05) is 0 Å². The zero-order valence-electron chi connectivity index (χ0n) is 18.9. The highest BCUT2D eigenvalue weighted by Gasteiger charge is 2.27. The highest BCUT2D eigenvalue weighted by atomic mass is 16.4. The first-order chi connectivity index (χ1) is 14.5. The minimum atomic E-state index is -0.879. The minimum Gasteiger partial charge on any atom is -0.478 e. The first kappa shape index (κ1) is 28.3. The Morgan fingerprint density at radius 1 is 0.806 bits per heavy atom. The molecule has 6 heteroatoms. The van der Waals surface area contributed by atoms with Crippen molar-refractivity contribution in [3.8, 4) is 0 Å². The van der Waals surface area contributed by atoms with Gasteiger partial charge in [0.05, 0.1) is 23.3 Å². The average molecular weight is 433 g/mol. The van der Waals surface area contributed by atoms with Crippen molar-refractivity contribution in [2.24, 2.45) is 5.41 Å². The van der Waals surface area contributed by atoms with Crippen LogP contribution in [-0.2, 0) is 0 Å². The summed E-state index contributed by atoms with van der Waals surface area (Å²) >= 11 is 0. The lowest BCUT2D eigenvalue weighted by molar-refractivity contribution is 0.000907. The maximum Gasteiger partial charge on any atom is 0.335 e. The standard InChI is InChI=1S/C11H24O2.2C7H6O2/c1-5-7-9(12)8-10(13)11(3,4)6-2;2*8-7(9)6-4-2-1-3-5-6/h9-10,12-13H,5-8H2,1-4H3;2*1-5H,(H,8,9). The van der Waals surface area contributed by atoms with Crippen LogP contribution in [0.1, 0.15) is 74.1 Å². The summed E-state index contributed by atoms with van der Waals surface area (Å²) < 4.78 is 0. The van der Waals surface area contributed by atoms with E-state index < -0.39 is 11.9 Å². The molecule has 31 heavy (non-hydrogen) atoms. The molecule has 2 unspecified atom stereocenters. The van der Waals surface area contributed by atoms with E-state index in [-0.39, 0.29) is 17.6 Å². The van der Waals surface area contributed by atoms with E-state index in [4.69, 9.17) is 10.2 Å². The van der Waals surface area contributed by atoms with Crippen molar-refractivity contribution in [3.63, 3.8) is 0 Å². The molecule has 0 radical (unpaired) electrons. The first-order valence-corrected chi connectivity index (χ1v) is 10.5. The molecule has 2 rings (SSSR count). The van der Waals surface area contributed by atoms with Crippen molar-refractivity contribution in [3.05, 3.63) is 71.8 Å². The lowest BCUT2D eigenvalue weighted by Crippen LogP contribution is -2.32. The van der Waals surface area contributed by atoms with Gasteiger partial charge in [-0.3, -0.25) is 0 Å². The van der Waals surface area contributed by atoms with Crippen LogP contribution in [0, 0.1) is 5.41 Å². The molecule has 172 valence electrons. The fourth-order valence-corrected chi connectivity index (χ4v) is 2.42. The lowest BCUT2D eigenvalue weighted by atomic mass is 9.81. The molecule has 2 atom stereocenters. The van der Waals surface area contributed by atoms with E-state index >= 15 is 0 Å². The molecular weight excluding hydrogens is 396 g/mol. The number of benzene rings is 2. The molecule has 0 aromatic heterocycles. The summed E-state index contributed by atoms with van der Waals surface area (Å²) in [5, 5.41) is 36.1. The first-order valence-electron chi connectivity index (χ1n) is 10.5. The third-order valence-corrected chi connectivity index (χ3v) is 4.97.